The fourth-order valence-electron chi connectivity index (χ4n) is 2.23. The van der Waals surface area contributed by atoms with Gasteiger partial charge in [0, 0.05) is 11.1 Å². The molecule has 102 valence electrons. The van der Waals surface area contributed by atoms with Crippen LogP contribution in [-0.4, -0.2) is 16.3 Å². The second-order valence-electron chi connectivity index (χ2n) is 4.53. The van der Waals surface area contributed by atoms with E-state index in [1.807, 2.05) is 29.1 Å². The van der Waals surface area contributed by atoms with Crippen molar-refractivity contribution in [2.24, 2.45) is 0 Å². The van der Waals surface area contributed by atoms with Gasteiger partial charge in [-0.1, -0.05) is 31.2 Å². The Hall–Kier alpha value is -1.91. The molecule has 0 spiro atoms. The van der Waals surface area contributed by atoms with E-state index < -0.39 is 0 Å². The normalized spacial score (nSPS) is 12.4. The number of thiophene rings is 1. The third kappa shape index (κ3) is 2.66. The summed E-state index contributed by atoms with van der Waals surface area (Å²) in [4.78, 5) is 1.30. The van der Waals surface area contributed by atoms with Crippen LogP contribution < -0.4 is 5.32 Å². The summed E-state index contributed by atoms with van der Waals surface area (Å²) in [6, 6.07) is 16.7. The van der Waals surface area contributed by atoms with E-state index in [2.05, 4.69) is 48.0 Å². The highest BCUT2D eigenvalue weighted by Crippen LogP contribution is 2.25. The van der Waals surface area contributed by atoms with Crippen LogP contribution in [0.3, 0.4) is 0 Å². The summed E-state index contributed by atoms with van der Waals surface area (Å²) in [5.41, 5.74) is 2.14. The van der Waals surface area contributed by atoms with Gasteiger partial charge in [-0.3, -0.25) is 0 Å². The molecule has 3 nitrogen and oxygen atoms in total. The molecule has 1 atom stereocenters. The van der Waals surface area contributed by atoms with Gasteiger partial charge in [-0.15, -0.1) is 11.3 Å². The third-order valence-electron chi connectivity index (χ3n) is 3.16. The van der Waals surface area contributed by atoms with Gasteiger partial charge in [0.05, 0.1) is 17.4 Å². The van der Waals surface area contributed by atoms with E-state index in [0.29, 0.717) is 0 Å². The number of rotatable bonds is 5. The molecule has 2 aromatic heterocycles. The molecule has 4 heteroatoms. The highest BCUT2D eigenvalue weighted by molar-refractivity contribution is 7.10. The van der Waals surface area contributed by atoms with Crippen molar-refractivity contribution < 1.29 is 0 Å². The first-order valence-electron chi connectivity index (χ1n) is 6.76. The van der Waals surface area contributed by atoms with Gasteiger partial charge in [0.25, 0.3) is 0 Å². The molecule has 0 saturated carbocycles. The van der Waals surface area contributed by atoms with Crippen molar-refractivity contribution in [1.29, 1.82) is 0 Å². The fourth-order valence-corrected chi connectivity index (χ4v) is 3.04. The standard InChI is InChI=1S/C16H17N3S/c1-2-17-16(15-9-6-12-20-15)14-10-11-19(18-14)13-7-4-3-5-8-13/h3-12,16-17H,2H2,1H3. The minimum absolute atomic E-state index is 0.171. The van der Waals surface area contributed by atoms with Gasteiger partial charge < -0.3 is 5.32 Å². The first-order chi connectivity index (χ1) is 9.88. The molecule has 0 fully saturated rings. The number of nitrogens with one attached hydrogen (secondary N) is 1. The van der Waals surface area contributed by atoms with Crippen molar-refractivity contribution >= 4 is 11.3 Å². The Morgan fingerprint density at radius 1 is 1.15 bits per heavy atom. The van der Waals surface area contributed by atoms with Gasteiger partial charge in [0.2, 0.25) is 0 Å². The zero-order chi connectivity index (χ0) is 13.8. The Morgan fingerprint density at radius 2 is 2.00 bits per heavy atom. The number of aromatic nitrogens is 2. The Balaban J connectivity index is 1.91. The van der Waals surface area contributed by atoms with Crippen LogP contribution in [0, 0.1) is 0 Å². The fraction of sp³-hybridized carbons (Fsp3) is 0.188. The largest absolute Gasteiger partial charge is 0.305 e. The molecular weight excluding hydrogens is 266 g/mol. The number of hydrogen-bond acceptors (Lipinski definition) is 3. The van der Waals surface area contributed by atoms with Crippen LogP contribution >= 0.6 is 11.3 Å². The van der Waals surface area contributed by atoms with Crippen molar-refractivity contribution in [3.05, 3.63) is 70.7 Å². The first-order valence-corrected chi connectivity index (χ1v) is 7.64. The van der Waals surface area contributed by atoms with E-state index in [0.717, 1.165) is 17.9 Å². The highest BCUT2D eigenvalue weighted by Gasteiger charge is 2.16. The number of hydrogen-bond donors (Lipinski definition) is 1. The number of para-hydroxylation sites is 1. The Bertz CT molecular complexity index is 643. The average molecular weight is 283 g/mol. The highest BCUT2D eigenvalue weighted by atomic mass is 32.1. The summed E-state index contributed by atoms with van der Waals surface area (Å²) in [7, 11) is 0. The van der Waals surface area contributed by atoms with E-state index in [9.17, 15) is 0 Å². The van der Waals surface area contributed by atoms with E-state index in [1.54, 1.807) is 11.3 Å². The molecule has 3 aromatic rings. The van der Waals surface area contributed by atoms with Gasteiger partial charge >= 0.3 is 0 Å². The van der Waals surface area contributed by atoms with Crippen LogP contribution in [0.25, 0.3) is 5.69 Å². The quantitative estimate of drug-likeness (QED) is 0.775. The molecule has 1 N–H and O–H groups in total. The zero-order valence-electron chi connectivity index (χ0n) is 11.4. The smallest absolute Gasteiger partial charge is 0.0863 e. The van der Waals surface area contributed by atoms with Gasteiger partial charge in [0.15, 0.2) is 0 Å². The molecule has 0 radical (unpaired) electrons. The van der Waals surface area contributed by atoms with Crippen LogP contribution in [0.15, 0.2) is 60.1 Å². The van der Waals surface area contributed by atoms with E-state index in [1.165, 1.54) is 4.88 Å². The second kappa shape index (κ2) is 6.03. The molecule has 3 rings (SSSR count). The maximum Gasteiger partial charge on any atom is 0.0863 e. The van der Waals surface area contributed by atoms with Gasteiger partial charge in [-0.05, 0) is 36.2 Å². The van der Waals surface area contributed by atoms with Gasteiger partial charge in [0.1, 0.15) is 0 Å². The van der Waals surface area contributed by atoms with Crippen molar-refractivity contribution in [1.82, 2.24) is 15.1 Å². The lowest BCUT2D eigenvalue weighted by Crippen LogP contribution is -2.21. The van der Waals surface area contributed by atoms with Crippen molar-refractivity contribution in [3.63, 3.8) is 0 Å². The van der Waals surface area contributed by atoms with Crippen molar-refractivity contribution in [3.8, 4) is 5.69 Å². The molecule has 0 aliphatic heterocycles. The van der Waals surface area contributed by atoms with E-state index >= 15 is 0 Å². The maximum atomic E-state index is 4.72. The van der Waals surface area contributed by atoms with Crippen LogP contribution in [0.1, 0.15) is 23.5 Å². The van der Waals surface area contributed by atoms with E-state index in [4.69, 9.17) is 5.10 Å². The second-order valence-corrected chi connectivity index (χ2v) is 5.51. The third-order valence-corrected chi connectivity index (χ3v) is 4.10. The van der Waals surface area contributed by atoms with Gasteiger partial charge in [-0.2, -0.15) is 5.10 Å². The molecule has 1 aromatic carbocycles. The summed E-state index contributed by atoms with van der Waals surface area (Å²) >= 11 is 1.76. The van der Waals surface area contributed by atoms with Crippen LogP contribution in [0.2, 0.25) is 0 Å². The minimum Gasteiger partial charge on any atom is -0.305 e. The molecule has 0 bridgehead atoms. The SMILES string of the molecule is CCNC(c1ccn(-c2ccccc2)n1)c1cccs1. The van der Waals surface area contributed by atoms with Crippen LogP contribution in [0.4, 0.5) is 0 Å². The lowest BCUT2D eigenvalue weighted by atomic mass is 10.2. The summed E-state index contributed by atoms with van der Waals surface area (Å²) in [5.74, 6) is 0. The predicted molar refractivity (Wildman–Crippen MR) is 83.4 cm³/mol. The topological polar surface area (TPSA) is 29.9 Å². The molecule has 0 amide bonds. The summed E-state index contributed by atoms with van der Waals surface area (Å²) in [5, 5.41) is 10.3. The van der Waals surface area contributed by atoms with E-state index in [-0.39, 0.29) is 6.04 Å². The lowest BCUT2D eigenvalue weighted by Gasteiger charge is -2.13. The predicted octanol–water partition coefficient (Wildman–Crippen LogP) is 3.63. The monoisotopic (exact) mass is 283 g/mol. The van der Waals surface area contributed by atoms with Crippen molar-refractivity contribution in [2.75, 3.05) is 6.54 Å². The summed E-state index contributed by atoms with van der Waals surface area (Å²) < 4.78 is 1.92. The zero-order valence-corrected chi connectivity index (χ0v) is 12.2. The van der Waals surface area contributed by atoms with Crippen molar-refractivity contribution in [2.45, 2.75) is 13.0 Å². The van der Waals surface area contributed by atoms with Crippen LogP contribution in [0.5, 0.6) is 0 Å². The molecule has 2 heterocycles. The molecule has 0 aliphatic carbocycles. The first kappa shape index (κ1) is 13.1. The van der Waals surface area contributed by atoms with Crippen LogP contribution in [-0.2, 0) is 0 Å². The number of benzene rings is 1. The molecule has 1 unspecified atom stereocenters. The average Bonchev–Trinajstić information content (AvgIpc) is 3.17. The molecular formula is C16H17N3S. The molecule has 20 heavy (non-hydrogen) atoms. The molecule has 0 saturated heterocycles. The van der Waals surface area contributed by atoms with Gasteiger partial charge in [-0.25, -0.2) is 4.68 Å². The maximum absolute atomic E-state index is 4.72. The minimum atomic E-state index is 0.171. The number of nitrogens with zero attached hydrogens (tertiary/aromatic N) is 2. The summed E-state index contributed by atoms with van der Waals surface area (Å²) in [6.45, 7) is 3.04. The Morgan fingerprint density at radius 3 is 2.70 bits per heavy atom. The Kier molecular flexibility index (Phi) is 3.95. The molecule has 0 aliphatic rings. The lowest BCUT2D eigenvalue weighted by molar-refractivity contribution is 0.616. The Labute approximate surface area is 122 Å². The summed E-state index contributed by atoms with van der Waals surface area (Å²) in [6.07, 6.45) is 2.02.